The highest BCUT2D eigenvalue weighted by Crippen LogP contribution is 2.25. The van der Waals surface area contributed by atoms with Crippen LogP contribution in [0.25, 0.3) is 0 Å². The molecule has 1 aromatic rings. The van der Waals surface area contributed by atoms with Crippen molar-refractivity contribution >= 4 is 5.69 Å². The van der Waals surface area contributed by atoms with Crippen LogP contribution in [0.3, 0.4) is 0 Å². The molecular weight excluding hydrogens is 243 g/mol. The van der Waals surface area contributed by atoms with Crippen LogP contribution < -0.4 is 10.2 Å². The summed E-state index contributed by atoms with van der Waals surface area (Å²) < 4.78 is 14.0. The summed E-state index contributed by atoms with van der Waals surface area (Å²) in [4.78, 5) is 2.01. The van der Waals surface area contributed by atoms with Crippen molar-refractivity contribution in [2.45, 2.75) is 44.9 Å². The van der Waals surface area contributed by atoms with Gasteiger partial charge in [-0.2, -0.15) is 0 Å². The Bertz CT molecular complexity index is 419. The summed E-state index contributed by atoms with van der Waals surface area (Å²) in [5.74, 6) is -0.158. The van der Waals surface area contributed by atoms with Gasteiger partial charge in [0.05, 0.1) is 6.10 Å². The zero-order valence-corrected chi connectivity index (χ0v) is 11.7. The fourth-order valence-electron chi connectivity index (χ4n) is 2.11. The lowest BCUT2D eigenvalue weighted by Gasteiger charge is -2.23. The third-order valence-electron chi connectivity index (χ3n) is 3.53. The summed E-state index contributed by atoms with van der Waals surface area (Å²) in [5, 5.41) is 12.7. The standard InChI is InChI=1S/C15H23FN2O/c1-11(19)8-9-18(2)15-5-3-4-14(16)13(15)10-17-12-6-7-12/h3-5,11-12,17,19H,6-10H2,1-2H3. The molecule has 2 rings (SSSR count). The molecule has 1 aliphatic carbocycles. The highest BCUT2D eigenvalue weighted by atomic mass is 19.1. The quantitative estimate of drug-likeness (QED) is 0.795. The SMILES string of the molecule is CC(O)CCN(C)c1cccc(F)c1CNC1CC1. The van der Waals surface area contributed by atoms with Gasteiger partial charge in [-0.05, 0) is 38.3 Å². The van der Waals surface area contributed by atoms with Gasteiger partial charge in [-0.1, -0.05) is 6.07 Å². The Labute approximate surface area is 114 Å². The van der Waals surface area contributed by atoms with E-state index in [1.54, 1.807) is 13.0 Å². The monoisotopic (exact) mass is 266 g/mol. The van der Waals surface area contributed by atoms with E-state index in [-0.39, 0.29) is 11.9 Å². The number of halogens is 1. The lowest BCUT2D eigenvalue weighted by molar-refractivity contribution is 0.187. The molecule has 1 fully saturated rings. The van der Waals surface area contributed by atoms with Gasteiger partial charge >= 0.3 is 0 Å². The van der Waals surface area contributed by atoms with E-state index in [4.69, 9.17) is 0 Å². The molecule has 3 nitrogen and oxygen atoms in total. The number of hydrogen-bond donors (Lipinski definition) is 2. The number of aliphatic hydroxyl groups is 1. The predicted molar refractivity (Wildman–Crippen MR) is 75.8 cm³/mol. The lowest BCUT2D eigenvalue weighted by atomic mass is 10.1. The Hall–Kier alpha value is -1.13. The molecule has 0 spiro atoms. The Morgan fingerprint density at radius 1 is 1.47 bits per heavy atom. The van der Waals surface area contributed by atoms with Crippen molar-refractivity contribution in [2.24, 2.45) is 0 Å². The topological polar surface area (TPSA) is 35.5 Å². The first-order chi connectivity index (χ1) is 9.08. The van der Waals surface area contributed by atoms with Crippen LogP contribution in [0.15, 0.2) is 18.2 Å². The summed E-state index contributed by atoms with van der Waals surface area (Å²) in [6, 6.07) is 5.75. The highest BCUT2D eigenvalue weighted by Gasteiger charge is 2.21. The van der Waals surface area contributed by atoms with Crippen LogP contribution in [-0.2, 0) is 6.54 Å². The maximum atomic E-state index is 14.0. The van der Waals surface area contributed by atoms with Crippen molar-refractivity contribution in [3.05, 3.63) is 29.6 Å². The summed E-state index contributed by atoms with van der Waals surface area (Å²) in [7, 11) is 1.94. The Balaban J connectivity index is 2.06. The van der Waals surface area contributed by atoms with E-state index in [1.807, 2.05) is 18.0 Å². The van der Waals surface area contributed by atoms with Crippen molar-refractivity contribution in [1.82, 2.24) is 5.32 Å². The minimum Gasteiger partial charge on any atom is -0.393 e. The van der Waals surface area contributed by atoms with E-state index in [0.717, 1.165) is 17.8 Å². The molecule has 0 heterocycles. The first kappa shape index (κ1) is 14.3. The number of aliphatic hydroxyl groups excluding tert-OH is 1. The Morgan fingerprint density at radius 3 is 2.84 bits per heavy atom. The smallest absolute Gasteiger partial charge is 0.129 e. The van der Waals surface area contributed by atoms with Gasteiger partial charge in [0.1, 0.15) is 5.82 Å². The van der Waals surface area contributed by atoms with Crippen LogP contribution in [-0.4, -0.2) is 30.8 Å². The molecule has 1 aromatic carbocycles. The van der Waals surface area contributed by atoms with E-state index in [0.29, 0.717) is 19.0 Å². The highest BCUT2D eigenvalue weighted by molar-refractivity contribution is 5.53. The predicted octanol–water partition coefficient (Wildman–Crippen LogP) is 2.28. The third kappa shape index (κ3) is 4.18. The largest absolute Gasteiger partial charge is 0.393 e. The van der Waals surface area contributed by atoms with Crippen molar-refractivity contribution in [3.63, 3.8) is 0 Å². The van der Waals surface area contributed by atoms with E-state index in [1.165, 1.54) is 18.9 Å². The van der Waals surface area contributed by atoms with E-state index in [2.05, 4.69) is 5.32 Å². The second kappa shape index (κ2) is 6.35. The summed E-state index contributed by atoms with van der Waals surface area (Å²) in [5.41, 5.74) is 1.64. The average Bonchev–Trinajstić information content (AvgIpc) is 3.18. The van der Waals surface area contributed by atoms with Gasteiger partial charge in [-0.25, -0.2) is 4.39 Å². The normalized spacial score (nSPS) is 16.4. The molecular formula is C15H23FN2O. The molecule has 1 unspecified atom stereocenters. The summed E-state index contributed by atoms with van der Waals surface area (Å²) >= 11 is 0. The molecule has 1 atom stereocenters. The first-order valence-corrected chi connectivity index (χ1v) is 6.98. The number of hydrogen-bond acceptors (Lipinski definition) is 3. The molecule has 0 bridgehead atoms. The van der Waals surface area contributed by atoms with Gasteiger partial charge in [0.25, 0.3) is 0 Å². The fraction of sp³-hybridized carbons (Fsp3) is 0.600. The summed E-state index contributed by atoms with van der Waals surface area (Å²) in [6.07, 6.45) is 2.75. The maximum Gasteiger partial charge on any atom is 0.129 e. The zero-order valence-electron chi connectivity index (χ0n) is 11.7. The minimum absolute atomic E-state index is 0.158. The molecule has 0 aromatic heterocycles. The second-order valence-corrected chi connectivity index (χ2v) is 5.45. The number of anilines is 1. The molecule has 0 amide bonds. The van der Waals surface area contributed by atoms with Gasteiger partial charge < -0.3 is 15.3 Å². The Morgan fingerprint density at radius 2 is 2.21 bits per heavy atom. The van der Waals surface area contributed by atoms with E-state index in [9.17, 15) is 9.50 Å². The van der Waals surface area contributed by atoms with E-state index >= 15 is 0 Å². The van der Waals surface area contributed by atoms with Crippen LogP contribution in [0, 0.1) is 5.82 Å². The van der Waals surface area contributed by atoms with Crippen LogP contribution in [0.2, 0.25) is 0 Å². The van der Waals surface area contributed by atoms with Crippen LogP contribution in [0.5, 0.6) is 0 Å². The molecule has 0 aliphatic heterocycles. The molecule has 1 aliphatic rings. The molecule has 106 valence electrons. The molecule has 0 saturated heterocycles. The average molecular weight is 266 g/mol. The van der Waals surface area contributed by atoms with Crippen LogP contribution >= 0.6 is 0 Å². The van der Waals surface area contributed by atoms with Gasteiger partial charge in [0.15, 0.2) is 0 Å². The van der Waals surface area contributed by atoms with Gasteiger partial charge in [-0.15, -0.1) is 0 Å². The number of nitrogens with one attached hydrogen (secondary N) is 1. The second-order valence-electron chi connectivity index (χ2n) is 5.45. The molecule has 1 saturated carbocycles. The zero-order chi connectivity index (χ0) is 13.8. The van der Waals surface area contributed by atoms with E-state index < -0.39 is 0 Å². The number of benzene rings is 1. The minimum atomic E-state index is -0.330. The Kier molecular flexibility index (Phi) is 4.77. The maximum absolute atomic E-state index is 14.0. The molecule has 0 radical (unpaired) electrons. The lowest BCUT2D eigenvalue weighted by Crippen LogP contribution is -2.25. The van der Waals surface area contributed by atoms with Crippen molar-refractivity contribution < 1.29 is 9.50 Å². The van der Waals surface area contributed by atoms with Crippen molar-refractivity contribution in [3.8, 4) is 0 Å². The van der Waals surface area contributed by atoms with Gasteiger partial charge in [-0.3, -0.25) is 0 Å². The van der Waals surface area contributed by atoms with Crippen molar-refractivity contribution in [2.75, 3.05) is 18.5 Å². The van der Waals surface area contributed by atoms with Gasteiger partial charge in [0.2, 0.25) is 0 Å². The van der Waals surface area contributed by atoms with Gasteiger partial charge in [0, 0.05) is 37.4 Å². The molecule has 19 heavy (non-hydrogen) atoms. The van der Waals surface area contributed by atoms with Crippen molar-refractivity contribution in [1.29, 1.82) is 0 Å². The number of nitrogens with zero attached hydrogens (tertiary/aromatic N) is 1. The number of rotatable bonds is 7. The first-order valence-electron chi connectivity index (χ1n) is 6.98. The fourth-order valence-corrected chi connectivity index (χ4v) is 2.11. The molecule has 4 heteroatoms. The van der Waals surface area contributed by atoms with Crippen LogP contribution in [0.4, 0.5) is 10.1 Å². The van der Waals surface area contributed by atoms with Crippen LogP contribution in [0.1, 0.15) is 31.7 Å². The molecule has 2 N–H and O–H groups in total. The third-order valence-corrected chi connectivity index (χ3v) is 3.53. The summed E-state index contributed by atoms with van der Waals surface area (Å²) in [6.45, 7) is 3.07.